The van der Waals surface area contributed by atoms with E-state index in [0.717, 1.165) is 0 Å². The molecule has 0 amide bonds. The van der Waals surface area contributed by atoms with Gasteiger partial charge in [0.15, 0.2) is 0 Å². The van der Waals surface area contributed by atoms with Gasteiger partial charge in [0.1, 0.15) is 0 Å². The Labute approximate surface area is 64.3 Å². The molecular weight excluding hydrogens is 150 g/mol. The molecule has 2 saturated heterocycles. The molecule has 2 rings (SSSR count). The van der Waals surface area contributed by atoms with Crippen molar-refractivity contribution < 1.29 is 0 Å². The summed E-state index contributed by atoms with van der Waals surface area (Å²) in [5, 5.41) is 3.57. The summed E-state index contributed by atoms with van der Waals surface area (Å²) in [7, 11) is 0. The van der Waals surface area contributed by atoms with Crippen LogP contribution in [0.4, 0.5) is 0 Å². The van der Waals surface area contributed by atoms with Gasteiger partial charge in [-0.1, -0.05) is 0 Å². The minimum atomic E-state index is 0.519. The van der Waals surface area contributed by atoms with Crippen molar-refractivity contribution in [1.82, 2.24) is 5.32 Å². The molecule has 1 unspecified atom stereocenters. The Morgan fingerprint density at radius 2 is 2.33 bits per heavy atom. The Hall–Kier alpha value is 0.660. The molecule has 0 aromatic heterocycles. The van der Waals surface area contributed by atoms with Gasteiger partial charge in [-0.15, -0.1) is 11.8 Å². The Morgan fingerprint density at radius 3 is 2.89 bits per heavy atom. The minimum Gasteiger partial charge on any atom is -0.301 e. The topological polar surface area (TPSA) is 12.0 Å². The van der Waals surface area contributed by atoms with Gasteiger partial charge in [-0.3, -0.25) is 0 Å². The quantitative estimate of drug-likeness (QED) is 0.572. The van der Waals surface area contributed by atoms with Crippen LogP contribution in [0.15, 0.2) is 0 Å². The van der Waals surface area contributed by atoms with Gasteiger partial charge in [0, 0.05) is 18.1 Å². The maximum Gasteiger partial charge on any atom is 0.0745 e. The number of hydrogen-bond acceptors (Lipinski definition) is 3. The second-order valence-electron chi connectivity index (χ2n) is 2.57. The van der Waals surface area contributed by atoms with Crippen LogP contribution in [0.3, 0.4) is 0 Å². The number of rotatable bonds is 0. The SMILES string of the molecule is C1CSC2(CCSC2)N1. The maximum absolute atomic E-state index is 3.57. The lowest BCUT2D eigenvalue weighted by Crippen LogP contribution is -2.36. The highest BCUT2D eigenvalue weighted by atomic mass is 32.2. The van der Waals surface area contributed by atoms with Gasteiger partial charge in [0.2, 0.25) is 0 Å². The highest BCUT2D eigenvalue weighted by Gasteiger charge is 2.37. The second-order valence-corrected chi connectivity index (χ2v) is 5.16. The first-order valence-electron chi connectivity index (χ1n) is 3.38. The standard InChI is InChI=1S/C6H11NS2/c1-3-8-5-6(1)7-2-4-9-6/h7H,1-5H2. The molecule has 9 heavy (non-hydrogen) atoms. The monoisotopic (exact) mass is 161 g/mol. The maximum atomic E-state index is 3.57. The van der Waals surface area contributed by atoms with Crippen LogP contribution in [0.5, 0.6) is 0 Å². The first-order valence-corrected chi connectivity index (χ1v) is 5.52. The lowest BCUT2D eigenvalue weighted by molar-refractivity contribution is 0.557. The van der Waals surface area contributed by atoms with E-state index in [1.54, 1.807) is 0 Å². The summed E-state index contributed by atoms with van der Waals surface area (Å²) < 4.78 is 0. The van der Waals surface area contributed by atoms with Gasteiger partial charge in [-0.2, -0.15) is 11.8 Å². The predicted octanol–water partition coefficient (Wildman–Crippen LogP) is 1.16. The summed E-state index contributed by atoms with van der Waals surface area (Å²) in [6, 6.07) is 0. The number of thioether (sulfide) groups is 2. The molecular formula is C6H11NS2. The fraction of sp³-hybridized carbons (Fsp3) is 1.00. The van der Waals surface area contributed by atoms with E-state index in [1.807, 2.05) is 0 Å². The van der Waals surface area contributed by atoms with E-state index in [0.29, 0.717) is 4.87 Å². The third kappa shape index (κ3) is 1.10. The lowest BCUT2D eigenvalue weighted by Gasteiger charge is -2.20. The van der Waals surface area contributed by atoms with Gasteiger partial charge in [0.05, 0.1) is 4.87 Å². The molecule has 0 aromatic rings. The van der Waals surface area contributed by atoms with Crippen LogP contribution < -0.4 is 5.32 Å². The zero-order chi connectivity index (χ0) is 6.16. The smallest absolute Gasteiger partial charge is 0.0745 e. The summed E-state index contributed by atoms with van der Waals surface area (Å²) >= 11 is 4.21. The minimum absolute atomic E-state index is 0.519. The van der Waals surface area contributed by atoms with E-state index in [9.17, 15) is 0 Å². The van der Waals surface area contributed by atoms with Crippen LogP contribution >= 0.6 is 23.5 Å². The summed E-state index contributed by atoms with van der Waals surface area (Å²) in [4.78, 5) is 0.519. The zero-order valence-electron chi connectivity index (χ0n) is 5.35. The molecule has 0 saturated carbocycles. The molecule has 1 spiro atoms. The molecule has 1 N–H and O–H groups in total. The van der Waals surface area contributed by atoms with E-state index in [2.05, 4.69) is 28.8 Å². The van der Waals surface area contributed by atoms with Gasteiger partial charge in [-0.25, -0.2) is 0 Å². The average Bonchev–Trinajstić information content (AvgIpc) is 2.45. The normalized spacial score (nSPS) is 42.7. The van der Waals surface area contributed by atoms with Crippen LogP contribution in [0, 0.1) is 0 Å². The van der Waals surface area contributed by atoms with E-state index in [-0.39, 0.29) is 0 Å². The van der Waals surface area contributed by atoms with Crippen LogP contribution in [0.2, 0.25) is 0 Å². The molecule has 1 atom stereocenters. The fourth-order valence-electron chi connectivity index (χ4n) is 1.38. The Morgan fingerprint density at radius 1 is 1.33 bits per heavy atom. The number of hydrogen-bond donors (Lipinski definition) is 1. The van der Waals surface area contributed by atoms with Crippen LogP contribution in [0.25, 0.3) is 0 Å². The van der Waals surface area contributed by atoms with Gasteiger partial charge >= 0.3 is 0 Å². The average molecular weight is 161 g/mol. The number of nitrogens with one attached hydrogen (secondary N) is 1. The molecule has 0 radical (unpaired) electrons. The van der Waals surface area contributed by atoms with E-state index in [1.165, 1.54) is 30.2 Å². The summed E-state index contributed by atoms with van der Waals surface area (Å²) in [6.45, 7) is 1.23. The molecule has 3 heteroatoms. The summed E-state index contributed by atoms with van der Waals surface area (Å²) in [5.74, 6) is 4.01. The van der Waals surface area contributed by atoms with Crippen molar-refractivity contribution in [3.63, 3.8) is 0 Å². The van der Waals surface area contributed by atoms with E-state index < -0.39 is 0 Å². The van der Waals surface area contributed by atoms with Crippen LogP contribution in [-0.2, 0) is 0 Å². The third-order valence-corrected chi connectivity index (χ3v) is 4.74. The largest absolute Gasteiger partial charge is 0.301 e. The molecule has 0 aliphatic carbocycles. The molecule has 52 valence electrons. The summed E-state index contributed by atoms with van der Waals surface area (Å²) in [5.41, 5.74) is 0. The second kappa shape index (κ2) is 2.36. The highest BCUT2D eigenvalue weighted by Crippen LogP contribution is 2.39. The van der Waals surface area contributed by atoms with Crippen molar-refractivity contribution in [2.75, 3.05) is 23.8 Å². The van der Waals surface area contributed by atoms with Crippen molar-refractivity contribution >= 4 is 23.5 Å². The molecule has 0 aromatic carbocycles. The Balaban J connectivity index is 2.04. The molecule has 2 aliphatic rings. The molecule has 0 bridgehead atoms. The van der Waals surface area contributed by atoms with E-state index >= 15 is 0 Å². The molecule has 2 aliphatic heterocycles. The van der Waals surface area contributed by atoms with Gasteiger partial charge < -0.3 is 5.32 Å². The van der Waals surface area contributed by atoms with Crippen LogP contribution in [0.1, 0.15) is 6.42 Å². The van der Waals surface area contributed by atoms with Crippen molar-refractivity contribution in [2.45, 2.75) is 11.3 Å². The first-order chi connectivity index (χ1) is 4.41. The first kappa shape index (κ1) is 6.38. The van der Waals surface area contributed by atoms with Gasteiger partial charge in [0.25, 0.3) is 0 Å². The molecule has 2 fully saturated rings. The van der Waals surface area contributed by atoms with Crippen molar-refractivity contribution in [2.24, 2.45) is 0 Å². The van der Waals surface area contributed by atoms with E-state index in [4.69, 9.17) is 0 Å². The highest BCUT2D eigenvalue weighted by molar-refractivity contribution is 8.04. The fourth-order valence-corrected chi connectivity index (χ4v) is 4.35. The molecule has 2 heterocycles. The molecule has 1 nitrogen and oxygen atoms in total. The van der Waals surface area contributed by atoms with Crippen molar-refractivity contribution in [3.05, 3.63) is 0 Å². The van der Waals surface area contributed by atoms with Gasteiger partial charge in [-0.05, 0) is 12.2 Å². The predicted molar refractivity (Wildman–Crippen MR) is 45.1 cm³/mol. The summed E-state index contributed by atoms with van der Waals surface area (Å²) in [6.07, 6.45) is 1.38. The van der Waals surface area contributed by atoms with Crippen molar-refractivity contribution in [3.8, 4) is 0 Å². The third-order valence-electron chi connectivity index (χ3n) is 1.91. The Kier molecular flexibility index (Phi) is 1.67. The van der Waals surface area contributed by atoms with Crippen LogP contribution in [-0.4, -0.2) is 28.7 Å². The zero-order valence-corrected chi connectivity index (χ0v) is 6.99. The Bertz CT molecular complexity index is 86.1. The van der Waals surface area contributed by atoms with Crippen molar-refractivity contribution in [1.29, 1.82) is 0 Å². The lowest BCUT2D eigenvalue weighted by atomic mass is 10.2.